The van der Waals surface area contributed by atoms with Gasteiger partial charge in [-0.3, -0.25) is 9.59 Å². The smallest absolute Gasteiger partial charge is 0.416 e. The maximum Gasteiger partial charge on any atom is 0.416 e. The van der Waals surface area contributed by atoms with E-state index in [1.807, 2.05) is 49.4 Å². The van der Waals surface area contributed by atoms with E-state index in [-0.39, 0.29) is 12.2 Å². The molecule has 0 saturated heterocycles. The number of benzene rings is 4. The van der Waals surface area contributed by atoms with Gasteiger partial charge in [-0.15, -0.1) is 11.8 Å². The van der Waals surface area contributed by atoms with Gasteiger partial charge in [0, 0.05) is 22.8 Å². The van der Waals surface area contributed by atoms with E-state index in [1.165, 1.54) is 31.0 Å². The molecule has 4 aromatic carbocycles. The lowest BCUT2D eigenvalue weighted by molar-refractivity contribution is -0.144. The minimum absolute atomic E-state index is 0.0803. The van der Waals surface area contributed by atoms with Crippen LogP contribution in [0.4, 0.5) is 13.2 Å². The van der Waals surface area contributed by atoms with Gasteiger partial charge in [-0.1, -0.05) is 90.5 Å². The summed E-state index contributed by atoms with van der Waals surface area (Å²) < 4.78 is 44.2. The lowest BCUT2D eigenvalue weighted by Gasteiger charge is -2.38. The molecule has 0 fully saturated rings. The number of carbonyl (C=O) groups excluding carboxylic acids is 2. The van der Waals surface area contributed by atoms with Crippen molar-refractivity contribution in [3.63, 3.8) is 0 Å². The largest absolute Gasteiger partial charge is 0.468 e. The molecule has 4 aromatic rings. The number of thioether (sulfide) groups is 1. The lowest BCUT2D eigenvalue weighted by atomic mass is 9.76. The van der Waals surface area contributed by atoms with Crippen LogP contribution in [-0.4, -0.2) is 18.9 Å². The summed E-state index contributed by atoms with van der Waals surface area (Å²) >= 11 is 1.18. The van der Waals surface area contributed by atoms with E-state index in [1.54, 1.807) is 42.5 Å². The van der Waals surface area contributed by atoms with Crippen LogP contribution in [0.15, 0.2) is 114 Å². The quantitative estimate of drug-likeness (QED) is 0.120. The van der Waals surface area contributed by atoms with Crippen LogP contribution in [0.25, 0.3) is 0 Å². The second kappa shape index (κ2) is 11.9. The van der Waals surface area contributed by atoms with Gasteiger partial charge >= 0.3 is 12.1 Å². The SMILES string of the molecule is COC(=O)[C@](Sc1ccc(C)cc1)(c1ccc(C(F)(F)F)cc1)[C@@H](CC(=O)c1ccccc1)c1ccccc1. The summed E-state index contributed by atoms with van der Waals surface area (Å²) in [4.78, 5) is 28.2. The molecule has 0 radical (unpaired) electrons. The average Bonchev–Trinajstić information content (AvgIpc) is 2.96. The van der Waals surface area contributed by atoms with E-state index in [4.69, 9.17) is 4.74 Å². The Morgan fingerprint density at radius 3 is 1.85 bits per heavy atom. The molecule has 0 aliphatic rings. The summed E-state index contributed by atoms with van der Waals surface area (Å²) in [6.45, 7) is 1.93. The van der Waals surface area contributed by atoms with Crippen LogP contribution < -0.4 is 0 Å². The van der Waals surface area contributed by atoms with Crippen molar-refractivity contribution in [1.29, 1.82) is 0 Å². The van der Waals surface area contributed by atoms with Crippen molar-refractivity contribution in [2.45, 2.75) is 35.1 Å². The Morgan fingerprint density at radius 2 is 1.31 bits per heavy atom. The number of aryl methyl sites for hydroxylation is 1. The molecule has 7 heteroatoms. The van der Waals surface area contributed by atoms with Crippen LogP contribution in [0.2, 0.25) is 0 Å². The standard InChI is InChI=1S/C32H27F3O3S/c1-22-13-19-27(20-14-22)39-31(30(37)38-2,25-15-17-26(18-16-25)32(33,34)35)28(23-9-5-3-6-10-23)21-29(36)24-11-7-4-8-12-24/h3-20,28H,21H2,1-2H3/t28-,31-/m0/s1. The zero-order chi connectivity index (χ0) is 28.0. The fourth-order valence-corrected chi connectivity index (χ4v) is 6.02. The number of carbonyl (C=O) groups is 2. The molecule has 0 N–H and O–H groups in total. The molecule has 2 atom stereocenters. The van der Waals surface area contributed by atoms with E-state index in [2.05, 4.69) is 0 Å². The van der Waals surface area contributed by atoms with Crippen molar-refractivity contribution in [2.75, 3.05) is 7.11 Å². The molecule has 0 amide bonds. The Balaban J connectivity index is 1.96. The van der Waals surface area contributed by atoms with Crippen molar-refractivity contribution < 1.29 is 27.5 Å². The Morgan fingerprint density at radius 1 is 0.769 bits per heavy atom. The highest BCUT2D eigenvalue weighted by Gasteiger charge is 2.51. The molecule has 3 nitrogen and oxygen atoms in total. The first kappa shape index (κ1) is 28.2. The van der Waals surface area contributed by atoms with E-state index >= 15 is 0 Å². The molecule has 0 unspecified atom stereocenters. The highest BCUT2D eigenvalue weighted by atomic mass is 32.2. The summed E-state index contributed by atoms with van der Waals surface area (Å²) in [7, 11) is 1.25. The predicted octanol–water partition coefficient (Wildman–Crippen LogP) is 8.23. The third kappa shape index (κ3) is 6.25. The normalized spacial score (nSPS) is 13.8. The molecule has 0 heterocycles. The van der Waals surface area contributed by atoms with Gasteiger partial charge < -0.3 is 4.74 Å². The first-order valence-electron chi connectivity index (χ1n) is 12.3. The molecule has 200 valence electrons. The van der Waals surface area contributed by atoms with Gasteiger partial charge in [-0.05, 0) is 42.3 Å². The zero-order valence-corrected chi connectivity index (χ0v) is 22.3. The summed E-state index contributed by atoms with van der Waals surface area (Å²) in [6.07, 6.45) is -4.62. The fraction of sp³-hybridized carbons (Fsp3) is 0.188. The Bertz CT molecular complexity index is 1400. The minimum Gasteiger partial charge on any atom is -0.468 e. The topological polar surface area (TPSA) is 43.4 Å². The summed E-state index contributed by atoms with van der Waals surface area (Å²) in [5.74, 6) is -1.64. The van der Waals surface area contributed by atoms with Gasteiger partial charge in [0.15, 0.2) is 5.78 Å². The molecule has 0 aliphatic carbocycles. The van der Waals surface area contributed by atoms with Crippen molar-refractivity contribution in [3.05, 3.63) is 137 Å². The molecule has 4 rings (SSSR count). The zero-order valence-electron chi connectivity index (χ0n) is 21.4. The van der Waals surface area contributed by atoms with Crippen molar-refractivity contribution in [1.82, 2.24) is 0 Å². The van der Waals surface area contributed by atoms with Crippen LogP contribution in [0.5, 0.6) is 0 Å². The maximum atomic E-state index is 13.9. The van der Waals surface area contributed by atoms with Gasteiger partial charge in [-0.25, -0.2) is 0 Å². The second-order valence-electron chi connectivity index (χ2n) is 9.17. The van der Waals surface area contributed by atoms with E-state index < -0.39 is 28.4 Å². The van der Waals surface area contributed by atoms with E-state index in [0.717, 1.165) is 17.7 Å². The maximum absolute atomic E-state index is 13.9. The van der Waals surface area contributed by atoms with Crippen molar-refractivity contribution in [2.24, 2.45) is 0 Å². The molecule has 39 heavy (non-hydrogen) atoms. The Labute approximate surface area is 230 Å². The number of Topliss-reactive ketones (excluding diaryl/α,β-unsaturated/α-hetero) is 1. The van der Waals surface area contributed by atoms with Crippen molar-refractivity contribution >= 4 is 23.5 Å². The summed E-state index contributed by atoms with van der Waals surface area (Å²) in [5.41, 5.74) is 1.65. The minimum atomic E-state index is -4.54. The highest BCUT2D eigenvalue weighted by Crippen LogP contribution is 2.54. The highest BCUT2D eigenvalue weighted by molar-refractivity contribution is 8.01. The van der Waals surface area contributed by atoms with E-state index in [0.29, 0.717) is 21.6 Å². The molecular formula is C32H27F3O3S. The molecule has 0 aliphatic heterocycles. The third-order valence-corrected chi connectivity index (χ3v) is 8.12. The Hall–Kier alpha value is -3.84. The van der Waals surface area contributed by atoms with Gasteiger partial charge in [0.2, 0.25) is 0 Å². The van der Waals surface area contributed by atoms with Crippen LogP contribution in [-0.2, 0) is 20.5 Å². The lowest BCUT2D eigenvalue weighted by Crippen LogP contribution is -2.41. The van der Waals surface area contributed by atoms with E-state index in [9.17, 15) is 22.8 Å². The first-order valence-corrected chi connectivity index (χ1v) is 13.1. The van der Waals surface area contributed by atoms with Crippen LogP contribution >= 0.6 is 11.8 Å². The number of alkyl halides is 3. The number of hydrogen-bond acceptors (Lipinski definition) is 4. The Kier molecular flexibility index (Phi) is 8.60. The van der Waals surface area contributed by atoms with Crippen LogP contribution in [0, 0.1) is 6.92 Å². The molecule has 0 saturated carbocycles. The van der Waals surface area contributed by atoms with Crippen molar-refractivity contribution in [3.8, 4) is 0 Å². The second-order valence-corrected chi connectivity index (χ2v) is 10.5. The number of ether oxygens (including phenoxy) is 1. The average molecular weight is 549 g/mol. The number of halogens is 3. The van der Waals surface area contributed by atoms with Gasteiger partial charge in [0.1, 0.15) is 4.75 Å². The third-order valence-electron chi connectivity index (χ3n) is 6.61. The summed E-state index contributed by atoms with van der Waals surface area (Å²) in [6, 6.07) is 29.8. The molecule has 0 spiro atoms. The predicted molar refractivity (Wildman–Crippen MR) is 147 cm³/mol. The number of hydrogen-bond donors (Lipinski definition) is 0. The fourth-order valence-electron chi connectivity index (χ4n) is 4.59. The number of methoxy groups -OCH3 is 1. The van der Waals surface area contributed by atoms with Gasteiger partial charge in [0.05, 0.1) is 12.7 Å². The molecule has 0 aromatic heterocycles. The van der Waals surface area contributed by atoms with Gasteiger partial charge in [0.25, 0.3) is 0 Å². The molecular weight excluding hydrogens is 521 g/mol. The number of rotatable bonds is 9. The monoisotopic (exact) mass is 548 g/mol. The van der Waals surface area contributed by atoms with Crippen LogP contribution in [0.1, 0.15) is 45.0 Å². The summed E-state index contributed by atoms with van der Waals surface area (Å²) in [5, 5.41) is 0. The van der Waals surface area contributed by atoms with Crippen LogP contribution in [0.3, 0.4) is 0 Å². The number of esters is 1. The molecule has 0 bridgehead atoms. The van der Waals surface area contributed by atoms with Gasteiger partial charge in [-0.2, -0.15) is 13.2 Å². The number of ketones is 1. The first-order chi connectivity index (χ1) is 18.6.